The number of methoxy groups -OCH3 is 1. The van der Waals surface area contributed by atoms with E-state index in [1.165, 1.54) is 5.56 Å². The maximum Gasteiger partial charge on any atom is 0.242 e. The second-order valence-corrected chi connectivity index (χ2v) is 5.75. The van der Waals surface area contributed by atoms with E-state index < -0.39 is 0 Å². The zero-order valence-electron chi connectivity index (χ0n) is 15.2. The zero-order chi connectivity index (χ0) is 18.2. The SMILES string of the molecule is COc1ccc(CNC(=O)CN=C(N)Nc2ccc(C)c(C)c2)cc1.I. The number of aliphatic imine (C=N–C) groups is 1. The van der Waals surface area contributed by atoms with Crippen LogP contribution in [0.1, 0.15) is 16.7 Å². The van der Waals surface area contributed by atoms with Gasteiger partial charge in [0.1, 0.15) is 12.3 Å². The van der Waals surface area contributed by atoms with Gasteiger partial charge in [0.25, 0.3) is 0 Å². The van der Waals surface area contributed by atoms with E-state index in [-0.39, 0.29) is 42.4 Å². The van der Waals surface area contributed by atoms with Crippen LogP contribution in [0.3, 0.4) is 0 Å². The van der Waals surface area contributed by atoms with Crippen molar-refractivity contribution >= 4 is 41.5 Å². The Morgan fingerprint density at radius 2 is 1.81 bits per heavy atom. The molecule has 0 fully saturated rings. The van der Waals surface area contributed by atoms with Gasteiger partial charge in [0.2, 0.25) is 5.91 Å². The molecule has 0 bridgehead atoms. The van der Waals surface area contributed by atoms with Gasteiger partial charge in [-0.1, -0.05) is 18.2 Å². The van der Waals surface area contributed by atoms with Gasteiger partial charge in [-0.05, 0) is 54.8 Å². The summed E-state index contributed by atoms with van der Waals surface area (Å²) >= 11 is 0. The number of anilines is 1. The van der Waals surface area contributed by atoms with Crippen molar-refractivity contribution in [3.63, 3.8) is 0 Å². The molecule has 0 atom stereocenters. The summed E-state index contributed by atoms with van der Waals surface area (Å²) < 4.78 is 5.10. The number of rotatable bonds is 6. The Hall–Kier alpha value is -2.29. The largest absolute Gasteiger partial charge is 0.497 e. The number of carbonyl (C=O) groups excluding carboxylic acids is 1. The molecular formula is C19H25IN4O2. The molecule has 4 N–H and O–H groups in total. The fraction of sp³-hybridized carbons (Fsp3) is 0.263. The summed E-state index contributed by atoms with van der Waals surface area (Å²) in [6, 6.07) is 13.4. The summed E-state index contributed by atoms with van der Waals surface area (Å²) in [5.41, 5.74) is 10.0. The van der Waals surface area contributed by atoms with E-state index in [9.17, 15) is 4.79 Å². The van der Waals surface area contributed by atoms with Crippen molar-refractivity contribution in [2.24, 2.45) is 10.7 Å². The van der Waals surface area contributed by atoms with Crippen molar-refractivity contribution in [1.29, 1.82) is 0 Å². The van der Waals surface area contributed by atoms with Gasteiger partial charge in [0, 0.05) is 12.2 Å². The predicted molar refractivity (Wildman–Crippen MR) is 116 cm³/mol. The van der Waals surface area contributed by atoms with E-state index in [1.807, 2.05) is 56.3 Å². The Kier molecular flexibility index (Phi) is 8.91. The van der Waals surface area contributed by atoms with Gasteiger partial charge in [0.05, 0.1) is 7.11 Å². The second-order valence-electron chi connectivity index (χ2n) is 5.75. The molecule has 0 unspecified atom stereocenters. The number of guanidine groups is 1. The standard InChI is InChI=1S/C19H24N4O2.HI/c1-13-4-7-16(10-14(13)2)23-19(20)22-12-18(24)21-11-15-5-8-17(25-3)9-6-15;/h4-10H,11-12H2,1-3H3,(H,21,24)(H3,20,22,23);1H. The molecule has 6 nitrogen and oxygen atoms in total. The summed E-state index contributed by atoms with van der Waals surface area (Å²) in [7, 11) is 1.62. The number of nitrogens with zero attached hydrogens (tertiary/aromatic N) is 1. The third-order valence-electron chi connectivity index (χ3n) is 3.82. The van der Waals surface area contributed by atoms with Crippen molar-refractivity contribution in [3.05, 3.63) is 59.2 Å². The first kappa shape index (κ1) is 21.8. The van der Waals surface area contributed by atoms with E-state index in [1.54, 1.807) is 7.11 Å². The van der Waals surface area contributed by atoms with E-state index in [4.69, 9.17) is 10.5 Å². The number of hydrogen-bond donors (Lipinski definition) is 3. The minimum Gasteiger partial charge on any atom is -0.497 e. The lowest BCUT2D eigenvalue weighted by Gasteiger charge is -2.08. The van der Waals surface area contributed by atoms with E-state index in [0.717, 1.165) is 22.6 Å². The van der Waals surface area contributed by atoms with Crippen LogP contribution < -0.4 is 21.1 Å². The van der Waals surface area contributed by atoms with Gasteiger partial charge in [-0.15, -0.1) is 24.0 Å². The van der Waals surface area contributed by atoms with Crippen LogP contribution >= 0.6 is 24.0 Å². The first-order chi connectivity index (χ1) is 12.0. The summed E-state index contributed by atoms with van der Waals surface area (Å²) in [5.74, 6) is 0.799. The fourth-order valence-corrected chi connectivity index (χ4v) is 2.16. The zero-order valence-corrected chi connectivity index (χ0v) is 17.5. The summed E-state index contributed by atoms with van der Waals surface area (Å²) in [6.07, 6.45) is 0. The minimum atomic E-state index is -0.194. The fourth-order valence-electron chi connectivity index (χ4n) is 2.16. The Bertz CT molecular complexity index is 761. The molecule has 0 saturated heterocycles. The number of aryl methyl sites for hydroxylation is 2. The molecule has 0 radical (unpaired) electrons. The van der Waals surface area contributed by atoms with Crippen LogP contribution in [0.2, 0.25) is 0 Å². The number of nitrogens with one attached hydrogen (secondary N) is 2. The van der Waals surface area contributed by atoms with Crippen molar-refractivity contribution in [2.45, 2.75) is 20.4 Å². The van der Waals surface area contributed by atoms with Crippen molar-refractivity contribution in [2.75, 3.05) is 19.0 Å². The number of nitrogens with two attached hydrogens (primary N) is 1. The molecule has 0 aliphatic rings. The molecule has 0 spiro atoms. The highest BCUT2D eigenvalue weighted by Gasteiger charge is 2.02. The molecule has 0 heterocycles. The molecule has 26 heavy (non-hydrogen) atoms. The quantitative estimate of drug-likeness (QED) is 0.346. The Balaban J connectivity index is 0.00000338. The van der Waals surface area contributed by atoms with Gasteiger partial charge < -0.3 is 21.1 Å². The Labute approximate surface area is 171 Å². The van der Waals surface area contributed by atoms with Crippen molar-refractivity contribution in [1.82, 2.24) is 5.32 Å². The van der Waals surface area contributed by atoms with E-state index in [0.29, 0.717) is 6.54 Å². The van der Waals surface area contributed by atoms with Crippen LogP contribution in [0.4, 0.5) is 5.69 Å². The summed E-state index contributed by atoms with van der Waals surface area (Å²) in [4.78, 5) is 15.9. The highest BCUT2D eigenvalue weighted by Crippen LogP contribution is 2.13. The molecule has 0 aromatic heterocycles. The number of hydrogen-bond acceptors (Lipinski definition) is 3. The lowest BCUT2D eigenvalue weighted by atomic mass is 10.1. The highest BCUT2D eigenvalue weighted by molar-refractivity contribution is 14.0. The number of amides is 1. The third kappa shape index (κ3) is 6.91. The molecule has 0 aliphatic heterocycles. The summed E-state index contributed by atoms with van der Waals surface area (Å²) in [5, 5.41) is 5.79. The smallest absolute Gasteiger partial charge is 0.242 e. The number of carbonyl (C=O) groups is 1. The lowest BCUT2D eigenvalue weighted by Crippen LogP contribution is -2.28. The molecular weight excluding hydrogens is 443 g/mol. The van der Waals surface area contributed by atoms with Crippen LogP contribution in [0.5, 0.6) is 5.75 Å². The third-order valence-corrected chi connectivity index (χ3v) is 3.82. The van der Waals surface area contributed by atoms with Crippen LogP contribution in [0.25, 0.3) is 0 Å². The van der Waals surface area contributed by atoms with Crippen LogP contribution in [0, 0.1) is 13.8 Å². The average molecular weight is 468 g/mol. The maximum absolute atomic E-state index is 11.9. The number of ether oxygens (including phenoxy) is 1. The van der Waals surface area contributed by atoms with Crippen LogP contribution in [-0.4, -0.2) is 25.5 Å². The minimum absolute atomic E-state index is 0. The summed E-state index contributed by atoms with van der Waals surface area (Å²) in [6.45, 7) is 4.48. The van der Waals surface area contributed by atoms with E-state index >= 15 is 0 Å². The van der Waals surface area contributed by atoms with Gasteiger partial charge in [0.15, 0.2) is 5.96 Å². The maximum atomic E-state index is 11.9. The van der Waals surface area contributed by atoms with Crippen LogP contribution in [0.15, 0.2) is 47.5 Å². The predicted octanol–water partition coefficient (Wildman–Crippen LogP) is 2.97. The topological polar surface area (TPSA) is 88.7 Å². The molecule has 7 heteroatoms. The highest BCUT2D eigenvalue weighted by atomic mass is 127. The molecule has 2 rings (SSSR count). The molecule has 2 aromatic rings. The lowest BCUT2D eigenvalue weighted by molar-refractivity contribution is -0.119. The first-order valence-electron chi connectivity index (χ1n) is 8.02. The molecule has 0 aliphatic carbocycles. The monoisotopic (exact) mass is 468 g/mol. The van der Waals surface area contributed by atoms with Crippen molar-refractivity contribution < 1.29 is 9.53 Å². The van der Waals surface area contributed by atoms with Gasteiger partial charge in [-0.25, -0.2) is 4.99 Å². The Morgan fingerprint density at radius 3 is 2.42 bits per heavy atom. The first-order valence-corrected chi connectivity index (χ1v) is 8.02. The average Bonchev–Trinajstić information content (AvgIpc) is 2.61. The number of halogens is 1. The normalized spacial score (nSPS) is 10.7. The molecule has 2 aromatic carbocycles. The van der Waals surface area contributed by atoms with Gasteiger partial charge in [-0.2, -0.15) is 0 Å². The molecule has 1 amide bonds. The van der Waals surface area contributed by atoms with Crippen molar-refractivity contribution in [3.8, 4) is 5.75 Å². The van der Waals surface area contributed by atoms with Gasteiger partial charge >= 0.3 is 0 Å². The van der Waals surface area contributed by atoms with Gasteiger partial charge in [-0.3, -0.25) is 4.79 Å². The molecule has 0 saturated carbocycles. The molecule has 140 valence electrons. The Morgan fingerprint density at radius 1 is 1.12 bits per heavy atom. The number of benzene rings is 2. The second kappa shape index (κ2) is 10.6. The van der Waals surface area contributed by atoms with Crippen LogP contribution in [-0.2, 0) is 11.3 Å². The van der Waals surface area contributed by atoms with E-state index in [2.05, 4.69) is 15.6 Å².